The lowest BCUT2D eigenvalue weighted by molar-refractivity contribution is 0.0520. The molecule has 1 aliphatic heterocycles. The first-order valence-corrected chi connectivity index (χ1v) is 13.1. The normalized spacial score (nSPS) is 14.9. The number of nitrogens with one attached hydrogen (secondary N) is 2. The fourth-order valence-corrected chi connectivity index (χ4v) is 4.83. The molecule has 0 radical (unpaired) electrons. The Balaban J connectivity index is 1.39. The lowest BCUT2D eigenvalue weighted by Crippen LogP contribution is -2.38. The summed E-state index contributed by atoms with van der Waals surface area (Å²) in [4.78, 5) is 50.8. The summed E-state index contributed by atoms with van der Waals surface area (Å²) in [5, 5.41) is 12.5. The van der Waals surface area contributed by atoms with Crippen LogP contribution in [0.1, 0.15) is 58.9 Å². The molecule has 1 saturated heterocycles. The third-order valence-electron chi connectivity index (χ3n) is 6.80. The number of carbonyl (C=O) groups is 3. The number of amides is 2. The molecular formula is C30H29N5O5. The topological polar surface area (TPSA) is 138 Å². The second-order valence-electron chi connectivity index (χ2n) is 9.38. The summed E-state index contributed by atoms with van der Waals surface area (Å²) in [5.41, 5.74) is 3.42. The standard InChI is InChI=1S/C30H29N5O5/c1-2-40-29(37)26-25(33-27(34-26)23-10-6-7-17-35(23)30(38)39)20-11-13-21(14-12-20)28(36)32-24-18-22(15-16-31-24)19-8-4-3-5-9-19/h3-5,8-9,11-16,18,23H,2,6-7,10,17H2,1H3,(H,33,34)(H,38,39)(H,31,32,36). The fraction of sp³-hybridized carbons (Fsp3) is 0.233. The molecule has 2 aromatic carbocycles. The van der Waals surface area contributed by atoms with Crippen LogP contribution in [0.5, 0.6) is 0 Å². The molecule has 1 unspecified atom stereocenters. The van der Waals surface area contributed by atoms with Gasteiger partial charge in [-0.25, -0.2) is 19.6 Å². The van der Waals surface area contributed by atoms with E-state index in [1.807, 2.05) is 42.5 Å². The molecular weight excluding hydrogens is 510 g/mol. The molecule has 0 saturated carbocycles. The zero-order chi connectivity index (χ0) is 28.1. The number of rotatable bonds is 7. The number of carbonyl (C=O) groups excluding carboxylic acids is 2. The quantitative estimate of drug-likeness (QED) is 0.253. The van der Waals surface area contributed by atoms with E-state index in [0.29, 0.717) is 41.4 Å². The number of likely N-dealkylation sites (tertiary alicyclic amines) is 1. The lowest BCUT2D eigenvalue weighted by Gasteiger charge is -2.32. The van der Waals surface area contributed by atoms with Crippen LogP contribution in [0.3, 0.4) is 0 Å². The van der Waals surface area contributed by atoms with E-state index in [4.69, 9.17) is 4.74 Å². The van der Waals surface area contributed by atoms with Crippen molar-refractivity contribution >= 4 is 23.8 Å². The number of H-pyrrole nitrogens is 1. The van der Waals surface area contributed by atoms with Crippen LogP contribution in [0.25, 0.3) is 22.4 Å². The monoisotopic (exact) mass is 539 g/mol. The molecule has 2 aromatic heterocycles. The van der Waals surface area contributed by atoms with Crippen LogP contribution in [0.2, 0.25) is 0 Å². The van der Waals surface area contributed by atoms with Crippen LogP contribution in [0, 0.1) is 0 Å². The van der Waals surface area contributed by atoms with Crippen molar-refractivity contribution in [2.24, 2.45) is 0 Å². The van der Waals surface area contributed by atoms with Gasteiger partial charge in [0.25, 0.3) is 5.91 Å². The molecule has 1 aliphatic rings. The highest BCUT2D eigenvalue weighted by atomic mass is 16.5. The van der Waals surface area contributed by atoms with Gasteiger partial charge in [0.2, 0.25) is 0 Å². The van der Waals surface area contributed by atoms with E-state index in [1.165, 1.54) is 4.90 Å². The van der Waals surface area contributed by atoms with Crippen molar-refractivity contribution in [1.82, 2.24) is 19.9 Å². The highest BCUT2D eigenvalue weighted by Crippen LogP contribution is 2.33. The minimum atomic E-state index is -1.03. The molecule has 1 atom stereocenters. The van der Waals surface area contributed by atoms with Gasteiger partial charge in [-0.15, -0.1) is 0 Å². The summed E-state index contributed by atoms with van der Waals surface area (Å²) in [7, 11) is 0. The van der Waals surface area contributed by atoms with Crippen molar-refractivity contribution in [3.8, 4) is 22.4 Å². The average molecular weight is 540 g/mol. The van der Waals surface area contributed by atoms with Gasteiger partial charge in [0, 0.05) is 23.9 Å². The van der Waals surface area contributed by atoms with Gasteiger partial charge in [0.15, 0.2) is 5.69 Å². The van der Waals surface area contributed by atoms with Gasteiger partial charge < -0.3 is 20.1 Å². The lowest BCUT2D eigenvalue weighted by atomic mass is 10.0. The SMILES string of the molecule is CCOC(=O)c1[nH]c(C2CCCCN2C(=O)O)nc1-c1ccc(C(=O)Nc2cc(-c3ccccc3)ccn2)cc1. The van der Waals surface area contributed by atoms with Crippen LogP contribution >= 0.6 is 0 Å². The molecule has 2 amide bonds. The molecule has 4 aromatic rings. The Kier molecular flexibility index (Phi) is 7.86. The van der Waals surface area contributed by atoms with Gasteiger partial charge in [0.05, 0.1) is 12.6 Å². The third-order valence-corrected chi connectivity index (χ3v) is 6.80. The molecule has 3 N–H and O–H groups in total. The first-order valence-electron chi connectivity index (χ1n) is 13.1. The number of nitrogens with zero attached hydrogens (tertiary/aromatic N) is 3. The van der Waals surface area contributed by atoms with Crippen molar-refractivity contribution in [1.29, 1.82) is 0 Å². The number of benzene rings is 2. The summed E-state index contributed by atoms with van der Waals surface area (Å²) in [6, 6.07) is 19.7. The van der Waals surface area contributed by atoms with E-state index in [1.54, 1.807) is 37.4 Å². The molecule has 40 heavy (non-hydrogen) atoms. The van der Waals surface area contributed by atoms with E-state index in [-0.39, 0.29) is 18.2 Å². The summed E-state index contributed by atoms with van der Waals surface area (Å²) in [6.45, 7) is 2.29. The molecule has 0 spiro atoms. The predicted molar refractivity (Wildman–Crippen MR) is 149 cm³/mol. The van der Waals surface area contributed by atoms with Crippen molar-refractivity contribution < 1.29 is 24.2 Å². The van der Waals surface area contributed by atoms with Crippen molar-refractivity contribution in [2.75, 3.05) is 18.5 Å². The van der Waals surface area contributed by atoms with E-state index >= 15 is 0 Å². The van der Waals surface area contributed by atoms with E-state index in [2.05, 4.69) is 20.3 Å². The minimum Gasteiger partial charge on any atom is -0.465 e. The maximum absolute atomic E-state index is 13.0. The van der Waals surface area contributed by atoms with Crippen LogP contribution < -0.4 is 5.32 Å². The smallest absolute Gasteiger partial charge is 0.407 e. The maximum Gasteiger partial charge on any atom is 0.407 e. The second-order valence-corrected chi connectivity index (χ2v) is 9.38. The Morgan fingerprint density at radius 2 is 1.80 bits per heavy atom. The molecule has 204 valence electrons. The number of hydrogen-bond donors (Lipinski definition) is 3. The summed E-state index contributed by atoms with van der Waals surface area (Å²) in [5.74, 6) is -0.101. The van der Waals surface area contributed by atoms with Gasteiger partial charge in [-0.1, -0.05) is 42.5 Å². The summed E-state index contributed by atoms with van der Waals surface area (Å²) < 4.78 is 5.22. The Labute approximate surface area is 231 Å². The number of imidazole rings is 1. The maximum atomic E-state index is 13.0. The Hall–Kier alpha value is -4.99. The molecule has 5 rings (SSSR count). The van der Waals surface area contributed by atoms with E-state index in [0.717, 1.165) is 24.0 Å². The number of aromatic amines is 1. The molecule has 0 aliphatic carbocycles. The van der Waals surface area contributed by atoms with Gasteiger partial charge in [-0.3, -0.25) is 9.69 Å². The molecule has 10 nitrogen and oxygen atoms in total. The number of esters is 1. The number of hydrogen-bond acceptors (Lipinski definition) is 6. The molecule has 0 bridgehead atoms. The zero-order valence-electron chi connectivity index (χ0n) is 22.0. The highest BCUT2D eigenvalue weighted by molar-refractivity contribution is 6.04. The first kappa shape index (κ1) is 26.6. The molecule has 3 heterocycles. The Bertz CT molecular complexity index is 1520. The number of piperidine rings is 1. The van der Waals surface area contributed by atoms with Gasteiger partial charge >= 0.3 is 12.1 Å². The largest absolute Gasteiger partial charge is 0.465 e. The highest BCUT2D eigenvalue weighted by Gasteiger charge is 2.32. The predicted octanol–water partition coefficient (Wildman–Crippen LogP) is 5.77. The van der Waals surface area contributed by atoms with Crippen LogP contribution in [-0.2, 0) is 4.74 Å². The van der Waals surface area contributed by atoms with Crippen molar-refractivity contribution in [2.45, 2.75) is 32.2 Å². The number of carboxylic acid groups (broad SMARTS) is 1. The first-order chi connectivity index (χ1) is 19.4. The van der Waals surface area contributed by atoms with Gasteiger partial charge in [-0.2, -0.15) is 0 Å². The second kappa shape index (κ2) is 11.8. The van der Waals surface area contributed by atoms with Gasteiger partial charge in [0.1, 0.15) is 17.3 Å². The fourth-order valence-electron chi connectivity index (χ4n) is 4.83. The van der Waals surface area contributed by atoms with Crippen LogP contribution in [0.4, 0.5) is 10.6 Å². The van der Waals surface area contributed by atoms with Crippen molar-refractivity contribution in [3.63, 3.8) is 0 Å². The summed E-state index contributed by atoms with van der Waals surface area (Å²) >= 11 is 0. The average Bonchev–Trinajstić information content (AvgIpc) is 3.44. The Morgan fingerprint density at radius 1 is 1.02 bits per heavy atom. The third kappa shape index (κ3) is 5.70. The van der Waals surface area contributed by atoms with Gasteiger partial charge in [-0.05, 0) is 61.6 Å². The Morgan fingerprint density at radius 3 is 2.52 bits per heavy atom. The number of ether oxygens (including phenoxy) is 1. The van der Waals surface area contributed by atoms with Crippen LogP contribution in [-0.4, -0.2) is 56.1 Å². The van der Waals surface area contributed by atoms with Crippen molar-refractivity contribution in [3.05, 3.63) is 90.0 Å². The number of anilines is 1. The van der Waals surface area contributed by atoms with E-state index in [9.17, 15) is 19.5 Å². The molecule has 1 fully saturated rings. The minimum absolute atomic E-state index is 0.145. The molecule has 10 heteroatoms. The van der Waals surface area contributed by atoms with E-state index < -0.39 is 18.1 Å². The summed E-state index contributed by atoms with van der Waals surface area (Å²) in [6.07, 6.45) is 2.84. The number of pyridine rings is 1. The van der Waals surface area contributed by atoms with Crippen LogP contribution in [0.15, 0.2) is 72.9 Å². The number of aromatic nitrogens is 3. The zero-order valence-corrected chi connectivity index (χ0v) is 22.0.